The third-order valence-corrected chi connectivity index (χ3v) is 5.42. The van der Waals surface area contributed by atoms with Crippen LogP contribution in [0.1, 0.15) is 33.3 Å². The number of nitrogens with zero attached hydrogens (tertiary/aromatic N) is 4. The van der Waals surface area contributed by atoms with E-state index in [4.69, 9.17) is 9.47 Å². The molecule has 0 aliphatic carbocycles. The number of carbonyl (C=O) groups is 2. The van der Waals surface area contributed by atoms with E-state index in [1.807, 2.05) is 31.2 Å². The summed E-state index contributed by atoms with van der Waals surface area (Å²) in [6.45, 7) is 11.1. The quantitative estimate of drug-likeness (QED) is 0.346. The molecule has 1 aliphatic rings. The van der Waals surface area contributed by atoms with Gasteiger partial charge in [0.25, 0.3) is 5.79 Å². The van der Waals surface area contributed by atoms with E-state index in [1.165, 1.54) is 20.0 Å². The molecule has 2 aromatic carbocycles. The van der Waals surface area contributed by atoms with Crippen LogP contribution in [0.2, 0.25) is 0 Å². The highest BCUT2D eigenvalue weighted by atomic mass is 16.7. The predicted molar refractivity (Wildman–Crippen MR) is 125 cm³/mol. The highest BCUT2D eigenvalue weighted by Crippen LogP contribution is 2.25. The maximum absolute atomic E-state index is 12.1. The van der Waals surface area contributed by atoms with E-state index < -0.39 is 17.7 Å². The number of cyclic esters (lactones) is 2. The minimum atomic E-state index is -1.28. The third kappa shape index (κ3) is 4.52. The number of hydrogen-bond donors (Lipinski definition) is 1. The molecule has 2 heterocycles. The van der Waals surface area contributed by atoms with Crippen LogP contribution in [0.15, 0.2) is 48.2 Å². The van der Waals surface area contributed by atoms with Gasteiger partial charge in [-0.25, -0.2) is 9.59 Å². The van der Waals surface area contributed by atoms with Gasteiger partial charge in [0, 0.05) is 44.5 Å². The zero-order chi connectivity index (χ0) is 23.8. The molecule has 4 rings (SSSR count). The molecule has 0 atom stereocenters. The Bertz CT molecular complexity index is 1220. The highest BCUT2D eigenvalue weighted by Gasteiger charge is 2.39. The zero-order valence-electron chi connectivity index (χ0n) is 19.4. The van der Waals surface area contributed by atoms with Crippen LogP contribution in [0, 0.1) is 6.92 Å². The number of rotatable bonds is 6. The lowest BCUT2D eigenvalue weighted by atomic mass is 10.1. The molecular formula is C24H27N5O4. The van der Waals surface area contributed by atoms with Crippen LogP contribution in [0.3, 0.4) is 0 Å². The summed E-state index contributed by atoms with van der Waals surface area (Å²) in [6.07, 6.45) is 1.30. The molecule has 0 radical (unpaired) electrons. The fourth-order valence-electron chi connectivity index (χ4n) is 3.65. The van der Waals surface area contributed by atoms with Crippen molar-refractivity contribution in [2.75, 3.05) is 23.3 Å². The van der Waals surface area contributed by atoms with Crippen molar-refractivity contribution in [3.05, 3.63) is 53.7 Å². The normalized spacial score (nSPS) is 15.2. The zero-order valence-corrected chi connectivity index (χ0v) is 19.4. The summed E-state index contributed by atoms with van der Waals surface area (Å²) in [5.41, 5.74) is 4.77. The number of carbonyl (C=O) groups excluding carboxylic acids is 2. The summed E-state index contributed by atoms with van der Waals surface area (Å²) in [5.74, 6) is -2.74. The largest absolute Gasteiger partial charge is 0.419 e. The van der Waals surface area contributed by atoms with Crippen LogP contribution in [-0.4, -0.2) is 45.8 Å². The fraction of sp³-hybridized carbons (Fsp3) is 0.333. The number of hydrogen-bond acceptors (Lipinski definition) is 8. The van der Waals surface area contributed by atoms with Gasteiger partial charge >= 0.3 is 11.9 Å². The molecule has 1 fully saturated rings. The molecule has 9 heteroatoms. The Balaban J connectivity index is 1.58. The van der Waals surface area contributed by atoms with Crippen molar-refractivity contribution in [1.29, 1.82) is 0 Å². The Morgan fingerprint density at radius 1 is 1.00 bits per heavy atom. The number of aromatic nitrogens is 3. The minimum Gasteiger partial charge on any atom is -0.419 e. The lowest BCUT2D eigenvalue weighted by Gasteiger charge is -2.29. The van der Waals surface area contributed by atoms with Gasteiger partial charge in [-0.15, -0.1) is 10.2 Å². The number of fused-ring (bicyclic) bond motifs is 1. The average molecular weight is 450 g/mol. The van der Waals surface area contributed by atoms with Crippen molar-refractivity contribution in [1.82, 2.24) is 15.0 Å². The first kappa shape index (κ1) is 22.3. The molecule has 1 aliphatic heterocycles. The van der Waals surface area contributed by atoms with Gasteiger partial charge in [-0.2, -0.15) is 4.80 Å². The Kier molecular flexibility index (Phi) is 5.80. The first-order chi connectivity index (χ1) is 15.7. The molecule has 3 aromatic rings. The predicted octanol–water partition coefficient (Wildman–Crippen LogP) is 3.71. The molecule has 0 amide bonds. The number of aryl methyl sites for hydroxylation is 1. The van der Waals surface area contributed by atoms with E-state index in [0.717, 1.165) is 35.5 Å². The van der Waals surface area contributed by atoms with Crippen molar-refractivity contribution >= 4 is 34.3 Å². The Morgan fingerprint density at radius 3 is 2.15 bits per heavy atom. The van der Waals surface area contributed by atoms with E-state index >= 15 is 0 Å². The summed E-state index contributed by atoms with van der Waals surface area (Å²) in [7, 11) is 0. The molecule has 0 saturated carbocycles. The molecule has 0 spiro atoms. The van der Waals surface area contributed by atoms with Crippen LogP contribution in [-0.2, 0) is 19.1 Å². The number of anilines is 2. The Morgan fingerprint density at radius 2 is 1.58 bits per heavy atom. The molecule has 0 unspecified atom stereocenters. The second kappa shape index (κ2) is 8.57. The van der Waals surface area contributed by atoms with E-state index in [-0.39, 0.29) is 5.57 Å². The molecule has 1 aromatic heterocycles. The molecular weight excluding hydrogens is 422 g/mol. The Hall–Kier alpha value is -3.88. The standard InChI is InChI=1S/C24H27N5O4/c1-6-28(7-2)16-8-10-17(11-9-16)29-26-20-12-15(3)19(13-21(20)27-29)25-14-18-22(30)32-24(4,5)33-23(18)31/h8-14,25H,6-7H2,1-5H3. The molecule has 0 bridgehead atoms. The minimum absolute atomic E-state index is 0.203. The molecule has 172 valence electrons. The first-order valence-corrected chi connectivity index (χ1v) is 10.9. The first-order valence-electron chi connectivity index (χ1n) is 10.9. The number of ether oxygens (including phenoxy) is 2. The third-order valence-electron chi connectivity index (χ3n) is 5.42. The van der Waals surface area contributed by atoms with Crippen LogP contribution in [0.25, 0.3) is 16.7 Å². The van der Waals surface area contributed by atoms with E-state index in [1.54, 1.807) is 4.80 Å². The summed E-state index contributed by atoms with van der Waals surface area (Å²) in [5, 5.41) is 12.2. The summed E-state index contributed by atoms with van der Waals surface area (Å²) < 4.78 is 10.2. The molecule has 33 heavy (non-hydrogen) atoms. The number of nitrogens with one attached hydrogen (secondary N) is 1. The molecule has 1 saturated heterocycles. The number of esters is 2. The lowest BCUT2D eigenvalue weighted by Crippen LogP contribution is -2.42. The summed E-state index contributed by atoms with van der Waals surface area (Å²) in [6, 6.07) is 11.8. The SMILES string of the molecule is CCN(CC)c1ccc(-n2nc3cc(C)c(NC=C4C(=O)OC(C)(C)OC4=O)cc3n2)cc1. The monoisotopic (exact) mass is 449 g/mol. The number of benzene rings is 2. The van der Waals surface area contributed by atoms with Gasteiger partial charge in [0.2, 0.25) is 0 Å². The fourth-order valence-corrected chi connectivity index (χ4v) is 3.65. The van der Waals surface area contributed by atoms with Gasteiger partial charge in [0.05, 0.1) is 5.69 Å². The smallest absolute Gasteiger partial charge is 0.350 e. The van der Waals surface area contributed by atoms with Crippen LogP contribution >= 0.6 is 0 Å². The van der Waals surface area contributed by atoms with E-state index in [0.29, 0.717) is 11.2 Å². The van der Waals surface area contributed by atoms with Crippen molar-refractivity contribution in [3.8, 4) is 5.69 Å². The van der Waals surface area contributed by atoms with Gasteiger partial charge in [0.15, 0.2) is 5.57 Å². The van der Waals surface area contributed by atoms with Gasteiger partial charge in [-0.1, -0.05) is 0 Å². The maximum Gasteiger partial charge on any atom is 0.350 e. The van der Waals surface area contributed by atoms with Crippen molar-refractivity contribution < 1.29 is 19.1 Å². The van der Waals surface area contributed by atoms with E-state index in [9.17, 15) is 9.59 Å². The Labute approximate surface area is 192 Å². The van der Waals surface area contributed by atoms with Crippen LogP contribution in [0.5, 0.6) is 0 Å². The molecule has 1 N–H and O–H groups in total. The van der Waals surface area contributed by atoms with Crippen LogP contribution in [0.4, 0.5) is 11.4 Å². The van der Waals surface area contributed by atoms with Crippen molar-refractivity contribution in [3.63, 3.8) is 0 Å². The average Bonchev–Trinajstić information content (AvgIpc) is 3.16. The van der Waals surface area contributed by atoms with Crippen molar-refractivity contribution in [2.45, 2.75) is 40.4 Å². The summed E-state index contributed by atoms with van der Waals surface area (Å²) in [4.78, 5) is 28.2. The van der Waals surface area contributed by atoms with Gasteiger partial charge in [0.1, 0.15) is 11.0 Å². The van der Waals surface area contributed by atoms with Gasteiger partial charge < -0.3 is 19.7 Å². The van der Waals surface area contributed by atoms with Gasteiger partial charge in [-0.05, 0) is 62.7 Å². The topological polar surface area (TPSA) is 98.6 Å². The van der Waals surface area contributed by atoms with Crippen molar-refractivity contribution in [2.24, 2.45) is 0 Å². The van der Waals surface area contributed by atoms with E-state index in [2.05, 4.69) is 46.4 Å². The van der Waals surface area contributed by atoms with Gasteiger partial charge in [-0.3, -0.25) is 0 Å². The highest BCUT2D eigenvalue weighted by molar-refractivity contribution is 6.15. The maximum atomic E-state index is 12.1. The molecule has 9 nitrogen and oxygen atoms in total. The lowest BCUT2D eigenvalue weighted by molar-refractivity contribution is -0.222. The van der Waals surface area contributed by atoms with Crippen LogP contribution < -0.4 is 10.2 Å². The summed E-state index contributed by atoms with van der Waals surface area (Å²) >= 11 is 0. The second-order valence-electron chi connectivity index (χ2n) is 8.22. The second-order valence-corrected chi connectivity index (χ2v) is 8.22.